The number of anilines is 1. The summed E-state index contributed by atoms with van der Waals surface area (Å²) in [6, 6.07) is 21.9. The number of aryl methyl sites for hydroxylation is 1. The molecule has 39 heavy (non-hydrogen) atoms. The van der Waals surface area contributed by atoms with Crippen molar-refractivity contribution >= 4 is 23.2 Å². The molecule has 0 spiro atoms. The molecule has 0 bridgehead atoms. The number of hydrogen-bond acceptors (Lipinski definition) is 6. The van der Waals surface area contributed by atoms with Crippen LogP contribution in [0.3, 0.4) is 0 Å². The van der Waals surface area contributed by atoms with Crippen molar-refractivity contribution in [2.75, 3.05) is 44.7 Å². The fourth-order valence-electron chi connectivity index (χ4n) is 4.75. The lowest BCUT2D eigenvalue weighted by atomic mass is 9.97. The third-order valence-electron chi connectivity index (χ3n) is 6.99. The molecule has 202 valence electrons. The van der Waals surface area contributed by atoms with Crippen LogP contribution in [0.15, 0.2) is 71.3 Å². The van der Waals surface area contributed by atoms with Gasteiger partial charge in [-0.1, -0.05) is 59.2 Å². The van der Waals surface area contributed by atoms with Crippen molar-refractivity contribution in [1.82, 2.24) is 15.4 Å². The molecule has 0 saturated carbocycles. The van der Waals surface area contributed by atoms with Gasteiger partial charge in [-0.15, -0.1) is 0 Å². The Hall–Kier alpha value is -3.81. The molecule has 0 atom stereocenters. The lowest BCUT2D eigenvalue weighted by Crippen LogP contribution is -2.44. The molecular formula is C31H33ClN4O3. The number of rotatable bonds is 8. The molecule has 5 rings (SSSR count). The number of piperazine rings is 1. The molecule has 4 aromatic rings. The first-order valence-electron chi connectivity index (χ1n) is 13.2. The van der Waals surface area contributed by atoms with Gasteiger partial charge in [0.15, 0.2) is 11.5 Å². The third-order valence-corrected chi connectivity index (χ3v) is 7.40. The maximum absolute atomic E-state index is 13.1. The van der Waals surface area contributed by atoms with Crippen molar-refractivity contribution in [2.45, 2.75) is 20.5 Å². The van der Waals surface area contributed by atoms with E-state index in [2.05, 4.69) is 39.5 Å². The molecule has 1 amide bonds. The van der Waals surface area contributed by atoms with Gasteiger partial charge in [-0.2, -0.15) is 0 Å². The van der Waals surface area contributed by atoms with Crippen LogP contribution in [0.5, 0.6) is 5.75 Å². The predicted octanol–water partition coefficient (Wildman–Crippen LogP) is 6.05. The van der Waals surface area contributed by atoms with Crippen LogP contribution >= 0.6 is 11.6 Å². The molecule has 7 nitrogen and oxygen atoms in total. The Morgan fingerprint density at radius 1 is 1.05 bits per heavy atom. The topological polar surface area (TPSA) is 70.8 Å². The van der Waals surface area contributed by atoms with E-state index in [1.54, 1.807) is 0 Å². The molecule has 1 N–H and O–H groups in total. The van der Waals surface area contributed by atoms with Crippen molar-refractivity contribution in [3.63, 3.8) is 0 Å². The molecule has 1 aliphatic rings. The van der Waals surface area contributed by atoms with Crippen molar-refractivity contribution < 1.29 is 14.1 Å². The summed E-state index contributed by atoms with van der Waals surface area (Å²) >= 11 is 6.60. The summed E-state index contributed by atoms with van der Waals surface area (Å²) in [5, 5.41) is 7.69. The number of ether oxygens (including phenoxy) is 1. The average Bonchev–Trinajstić information content (AvgIpc) is 3.40. The highest BCUT2D eigenvalue weighted by atomic mass is 35.5. The van der Waals surface area contributed by atoms with Crippen LogP contribution in [0.4, 0.5) is 5.69 Å². The molecule has 0 unspecified atom stereocenters. The van der Waals surface area contributed by atoms with Crippen LogP contribution in [-0.4, -0.2) is 55.7 Å². The van der Waals surface area contributed by atoms with E-state index in [1.807, 2.05) is 68.4 Å². The van der Waals surface area contributed by atoms with Gasteiger partial charge >= 0.3 is 0 Å². The van der Waals surface area contributed by atoms with Crippen molar-refractivity contribution in [1.29, 1.82) is 0 Å². The largest absolute Gasteiger partial charge is 0.488 e. The third kappa shape index (κ3) is 5.95. The lowest BCUT2D eigenvalue weighted by molar-refractivity contribution is 0.0947. The fourth-order valence-corrected chi connectivity index (χ4v) is 4.91. The first-order chi connectivity index (χ1) is 18.9. The number of likely N-dealkylation sites (N-methyl/N-ethyl adjacent to an activating group) is 1. The molecule has 1 saturated heterocycles. The van der Waals surface area contributed by atoms with E-state index in [0.29, 0.717) is 40.8 Å². The zero-order valence-electron chi connectivity index (χ0n) is 22.5. The number of aromatic nitrogens is 1. The van der Waals surface area contributed by atoms with Gasteiger partial charge in [0, 0.05) is 43.4 Å². The average molecular weight is 545 g/mol. The van der Waals surface area contributed by atoms with E-state index in [-0.39, 0.29) is 11.6 Å². The number of amides is 1. The molecule has 1 fully saturated rings. The quantitative estimate of drug-likeness (QED) is 0.291. The van der Waals surface area contributed by atoms with E-state index >= 15 is 0 Å². The Morgan fingerprint density at radius 2 is 1.82 bits per heavy atom. The standard InChI is InChI=1S/C31H33ClN4O3/c1-4-33-31(37)29-28(23-11-8-12-24(18-23)36-15-13-35(3)14-16-36)30(39-34-29)25-19-26(32)21(2)17-27(25)38-20-22-9-6-5-7-10-22/h5-12,17-19H,4,13-16,20H2,1-3H3,(H,33,37). The summed E-state index contributed by atoms with van der Waals surface area (Å²) in [6.45, 7) is 8.53. The number of halogens is 1. The zero-order chi connectivity index (χ0) is 27.4. The SMILES string of the molecule is CCNC(=O)c1noc(-c2cc(Cl)c(C)cc2OCc2ccccc2)c1-c1cccc(N2CCN(C)CC2)c1. The van der Waals surface area contributed by atoms with Crippen LogP contribution < -0.4 is 15.0 Å². The van der Waals surface area contributed by atoms with E-state index in [9.17, 15) is 4.79 Å². The van der Waals surface area contributed by atoms with Gasteiger partial charge in [0.2, 0.25) is 0 Å². The second-order valence-corrected chi connectivity index (χ2v) is 10.2. The smallest absolute Gasteiger partial charge is 0.274 e. The molecule has 2 heterocycles. The predicted molar refractivity (Wildman–Crippen MR) is 156 cm³/mol. The summed E-state index contributed by atoms with van der Waals surface area (Å²) in [5.41, 5.74) is 5.34. The zero-order valence-corrected chi connectivity index (χ0v) is 23.3. The molecule has 1 aliphatic heterocycles. The van der Waals surface area contributed by atoms with Gasteiger partial charge in [-0.3, -0.25) is 4.79 Å². The highest BCUT2D eigenvalue weighted by molar-refractivity contribution is 6.31. The second kappa shape index (κ2) is 11.9. The maximum atomic E-state index is 13.1. The highest BCUT2D eigenvalue weighted by Crippen LogP contribution is 2.42. The number of benzene rings is 3. The summed E-state index contributed by atoms with van der Waals surface area (Å²) in [6.07, 6.45) is 0. The molecular weight excluding hydrogens is 512 g/mol. The fraction of sp³-hybridized carbons (Fsp3) is 0.290. The minimum Gasteiger partial charge on any atom is -0.488 e. The number of nitrogens with one attached hydrogen (secondary N) is 1. The Bertz CT molecular complexity index is 1450. The van der Waals surface area contributed by atoms with Crippen LogP contribution in [0.1, 0.15) is 28.5 Å². The Balaban J connectivity index is 1.60. The molecule has 0 aliphatic carbocycles. The normalized spacial score (nSPS) is 13.9. The van der Waals surface area contributed by atoms with Crippen molar-refractivity contribution in [3.8, 4) is 28.2 Å². The summed E-state index contributed by atoms with van der Waals surface area (Å²) in [7, 11) is 2.14. The number of carbonyl (C=O) groups excluding carboxylic acids is 1. The Labute approximate surface area is 234 Å². The minimum atomic E-state index is -0.294. The van der Waals surface area contributed by atoms with Gasteiger partial charge in [0.25, 0.3) is 5.91 Å². The van der Waals surface area contributed by atoms with Crippen molar-refractivity contribution in [2.24, 2.45) is 0 Å². The monoisotopic (exact) mass is 544 g/mol. The van der Waals surface area contributed by atoms with Gasteiger partial charge in [-0.25, -0.2) is 0 Å². The van der Waals surface area contributed by atoms with Gasteiger partial charge in [0.1, 0.15) is 12.4 Å². The van der Waals surface area contributed by atoms with Gasteiger partial charge in [-0.05, 0) is 61.9 Å². The lowest BCUT2D eigenvalue weighted by Gasteiger charge is -2.34. The first-order valence-corrected chi connectivity index (χ1v) is 13.6. The Morgan fingerprint density at radius 3 is 2.56 bits per heavy atom. The molecule has 1 aromatic heterocycles. The Kier molecular flexibility index (Phi) is 8.19. The highest BCUT2D eigenvalue weighted by Gasteiger charge is 2.27. The molecule has 8 heteroatoms. The van der Waals surface area contributed by atoms with Crippen LogP contribution in [0, 0.1) is 6.92 Å². The van der Waals surface area contributed by atoms with Crippen LogP contribution in [0.2, 0.25) is 5.02 Å². The van der Waals surface area contributed by atoms with E-state index in [1.165, 1.54) is 0 Å². The number of hydrogen-bond donors (Lipinski definition) is 1. The minimum absolute atomic E-state index is 0.230. The summed E-state index contributed by atoms with van der Waals surface area (Å²) in [4.78, 5) is 17.8. The molecule has 3 aromatic carbocycles. The number of carbonyl (C=O) groups is 1. The van der Waals surface area contributed by atoms with Crippen LogP contribution in [0.25, 0.3) is 22.5 Å². The summed E-state index contributed by atoms with van der Waals surface area (Å²) < 4.78 is 12.2. The maximum Gasteiger partial charge on any atom is 0.274 e. The van der Waals surface area contributed by atoms with E-state index in [4.69, 9.17) is 20.9 Å². The van der Waals surface area contributed by atoms with Gasteiger partial charge in [0.05, 0.1) is 11.1 Å². The molecule has 0 radical (unpaired) electrons. The van der Waals surface area contributed by atoms with Gasteiger partial charge < -0.3 is 24.4 Å². The van der Waals surface area contributed by atoms with E-state index < -0.39 is 0 Å². The first kappa shape index (κ1) is 26.8. The second-order valence-electron chi connectivity index (χ2n) is 9.81. The van der Waals surface area contributed by atoms with Crippen molar-refractivity contribution in [3.05, 3.63) is 88.6 Å². The van der Waals surface area contributed by atoms with E-state index in [0.717, 1.165) is 48.6 Å². The number of nitrogens with zero attached hydrogens (tertiary/aromatic N) is 3. The van der Waals surface area contributed by atoms with Crippen LogP contribution in [-0.2, 0) is 6.61 Å². The summed E-state index contributed by atoms with van der Waals surface area (Å²) in [5.74, 6) is 0.755.